The SMILES string of the molecule is O=C(c1ccc(Cl)cc1)N1CCc2[nH]c3c(F)ccc(F)c3c(=O)c2C1. The summed E-state index contributed by atoms with van der Waals surface area (Å²) in [6.07, 6.45) is 0.357. The van der Waals surface area contributed by atoms with Gasteiger partial charge in [0.25, 0.3) is 5.91 Å². The molecule has 7 heteroatoms. The van der Waals surface area contributed by atoms with E-state index in [0.29, 0.717) is 29.2 Å². The van der Waals surface area contributed by atoms with Gasteiger partial charge in [0.05, 0.1) is 17.4 Å². The van der Waals surface area contributed by atoms with Crippen LogP contribution in [0.2, 0.25) is 5.02 Å². The van der Waals surface area contributed by atoms with Gasteiger partial charge in [-0.1, -0.05) is 11.6 Å². The number of carbonyl (C=O) groups is 1. The molecule has 26 heavy (non-hydrogen) atoms. The molecule has 0 aliphatic carbocycles. The summed E-state index contributed by atoms with van der Waals surface area (Å²) >= 11 is 5.84. The van der Waals surface area contributed by atoms with Crippen molar-refractivity contribution >= 4 is 28.4 Å². The van der Waals surface area contributed by atoms with Crippen molar-refractivity contribution in [1.29, 1.82) is 0 Å². The third-order valence-corrected chi connectivity index (χ3v) is 4.86. The molecule has 0 atom stereocenters. The molecule has 1 aliphatic rings. The quantitative estimate of drug-likeness (QED) is 0.706. The second-order valence-corrected chi connectivity index (χ2v) is 6.61. The number of fused-ring (bicyclic) bond motifs is 2. The molecule has 132 valence electrons. The van der Waals surface area contributed by atoms with Crippen molar-refractivity contribution in [2.75, 3.05) is 6.54 Å². The summed E-state index contributed by atoms with van der Waals surface area (Å²) in [5, 5.41) is 0.204. The van der Waals surface area contributed by atoms with Crippen molar-refractivity contribution in [2.45, 2.75) is 13.0 Å². The van der Waals surface area contributed by atoms with Crippen LogP contribution >= 0.6 is 11.6 Å². The van der Waals surface area contributed by atoms with Crippen LogP contribution in [0.1, 0.15) is 21.6 Å². The largest absolute Gasteiger partial charge is 0.355 e. The fraction of sp³-hybridized carbons (Fsp3) is 0.158. The zero-order valence-corrected chi connectivity index (χ0v) is 14.2. The van der Waals surface area contributed by atoms with Gasteiger partial charge in [-0.3, -0.25) is 9.59 Å². The summed E-state index contributed by atoms with van der Waals surface area (Å²) < 4.78 is 28.0. The highest BCUT2D eigenvalue weighted by Gasteiger charge is 2.26. The van der Waals surface area contributed by atoms with E-state index >= 15 is 0 Å². The smallest absolute Gasteiger partial charge is 0.254 e. The lowest BCUT2D eigenvalue weighted by molar-refractivity contribution is 0.0733. The van der Waals surface area contributed by atoms with Crippen molar-refractivity contribution in [3.63, 3.8) is 0 Å². The van der Waals surface area contributed by atoms with Crippen LogP contribution in [0, 0.1) is 11.6 Å². The highest BCUT2D eigenvalue weighted by Crippen LogP contribution is 2.23. The lowest BCUT2D eigenvalue weighted by Crippen LogP contribution is -2.39. The van der Waals surface area contributed by atoms with Gasteiger partial charge < -0.3 is 9.88 Å². The lowest BCUT2D eigenvalue weighted by atomic mass is 10.0. The first-order chi connectivity index (χ1) is 12.5. The predicted octanol–water partition coefficient (Wildman–Crippen LogP) is 3.66. The van der Waals surface area contributed by atoms with Crippen LogP contribution in [-0.2, 0) is 13.0 Å². The molecule has 1 aromatic heterocycles. The van der Waals surface area contributed by atoms with E-state index in [-0.39, 0.29) is 28.9 Å². The van der Waals surface area contributed by atoms with E-state index in [1.807, 2.05) is 0 Å². The topological polar surface area (TPSA) is 53.2 Å². The van der Waals surface area contributed by atoms with Crippen LogP contribution in [0.3, 0.4) is 0 Å². The first kappa shape index (κ1) is 16.7. The molecule has 1 aliphatic heterocycles. The number of hydrogen-bond acceptors (Lipinski definition) is 2. The monoisotopic (exact) mass is 374 g/mol. The summed E-state index contributed by atoms with van der Waals surface area (Å²) in [4.78, 5) is 29.7. The molecule has 0 bridgehead atoms. The zero-order valence-electron chi connectivity index (χ0n) is 13.5. The van der Waals surface area contributed by atoms with Crippen molar-refractivity contribution in [2.24, 2.45) is 0 Å². The third kappa shape index (κ3) is 2.66. The molecule has 0 spiro atoms. The Kier molecular flexibility index (Phi) is 4.00. The minimum atomic E-state index is -0.786. The Hall–Kier alpha value is -2.73. The number of rotatable bonds is 1. The van der Waals surface area contributed by atoms with Crippen LogP contribution in [-0.4, -0.2) is 22.3 Å². The molecule has 1 amide bonds. The number of aromatic amines is 1. The highest BCUT2D eigenvalue weighted by molar-refractivity contribution is 6.30. The van der Waals surface area contributed by atoms with E-state index < -0.39 is 17.1 Å². The first-order valence-corrected chi connectivity index (χ1v) is 8.40. The number of aromatic nitrogens is 1. The molecule has 0 radical (unpaired) electrons. The Balaban J connectivity index is 1.76. The zero-order chi connectivity index (χ0) is 18.4. The van der Waals surface area contributed by atoms with E-state index in [9.17, 15) is 18.4 Å². The molecule has 1 N–H and O–H groups in total. The molecular weight excluding hydrogens is 362 g/mol. The van der Waals surface area contributed by atoms with Gasteiger partial charge in [-0.15, -0.1) is 0 Å². The van der Waals surface area contributed by atoms with Crippen LogP contribution in [0.5, 0.6) is 0 Å². The second kappa shape index (κ2) is 6.21. The molecule has 0 fully saturated rings. The molecule has 0 saturated carbocycles. The van der Waals surface area contributed by atoms with Gasteiger partial charge in [-0.25, -0.2) is 8.78 Å². The number of pyridine rings is 1. The van der Waals surface area contributed by atoms with Gasteiger partial charge in [-0.2, -0.15) is 0 Å². The molecule has 4 nitrogen and oxygen atoms in total. The van der Waals surface area contributed by atoms with Crippen molar-refractivity contribution in [3.8, 4) is 0 Å². The maximum Gasteiger partial charge on any atom is 0.254 e. The number of nitrogens with zero attached hydrogens (tertiary/aromatic N) is 1. The second-order valence-electron chi connectivity index (χ2n) is 6.17. The van der Waals surface area contributed by atoms with E-state index in [4.69, 9.17) is 11.6 Å². The average Bonchev–Trinajstić information content (AvgIpc) is 2.64. The normalized spacial score (nSPS) is 13.7. The minimum absolute atomic E-state index is 0.0397. The van der Waals surface area contributed by atoms with Crippen LogP contribution in [0.15, 0.2) is 41.2 Å². The summed E-state index contributed by atoms with van der Waals surface area (Å²) in [5.41, 5.74) is 0.556. The molecule has 4 rings (SSSR count). The maximum atomic E-state index is 14.1. The van der Waals surface area contributed by atoms with Gasteiger partial charge in [0.15, 0.2) is 5.43 Å². The highest BCUT2D eigenvalue weighted by atomic mass is 35.5. The molecule has 0 saturated heterocycles. The summed E-state index contributed by atoms with van der Waals surface area (Å²) in [5.74, 6) is -1.71. The summed E-state index contributed by atoms with van der Waals surface area (Å²) in [6.45, 7) is 0.408. The maximum absolute atomic E-state index is 14.1. The predicted molar refractivity (Wildman–Crippen MR) is 94.4 cm³/mol. The number of hydrogen-bond donors (Lipinski definition) is 1. The Morgan fingerprint density at radius 3 is 2.50 bits per heavy atom. The molecular formula is C19H13ClF2N2O2. The van der Waals surface area contributed by atoms with Gasteiger partial charge in [0.1, 0.15) is 11.6 Å². The van der Waals surface area contributed by atoms with Crippen molar-refractivity contribution in [1.82, 2.24) is 9.88 Å². The number of amides is 1. The molecule has 2 heterocycles. The number of H-pyrrole nitrogens is 1. The Labute approximate surface area is 152 Å². The molecule has 3 aromatic rings. The first-order valence-electron chi connectivity index (χ1n) is 8.02. The fourth-order valence-corrected chi connectivity index (χ4v) is 3.38. The number of carbonyl (C=O) groups excluding carboxylic acids is 1. The van der Waals surface area contributed by atoms with Crippen molar-refractivity contribution in [3.05, 3.63) is 80.1 Å². The number of nitrogens with one attached hydrogen (secondary N) is 1. The average molecular weight is 375 g/mol. The lowest BCUT2D eigenvalue weighted by Gasteiger charge is -2.28. The molecule has 0 unspecified atom stereocenters. The van der Waals surface area contributed by atoms with Crippen LogP contribution in [0.4, 0.5) is 8.78 Å². The van der Waals surface area contributed by atoms with E-state index in [1.165, 1.54) is 4.90 Å². The fourth-order valence-electron chi connectivity index (χ4n) is 3.26. The minimum Gasteiger partial charge on any atom is -0.355 e. The van der Waals surface area contributed by atoms with E-state index in [2.05, 4.69) is 4.98 Å². The van der Waals surface area contributed by atoms with Crippen LogP contribution < -0.4 is 5.43 Å². The van der Waals surface area contributed by atoms with E-state index in [1.54, 1.807) is 24.3 Å². The van der Waals surface area contributed by atoms with Gasteiger partial charge >= 0.3 is 0 Å². The van der Waals surface area contributed by atoms with Gasteiger partial charge in [0.2, 0.25) is 0 Å². The summed E-state index contributed by atoms with van der Waals surface area (Å²) in [7, 11) is 0. The van der Waals surface area contributed by atoms with Gasteiger partial charge in [-0.05, 0) is 36.4 Å². The summed E-state index contributed by atoms with van der Waals surface area (Å²) in [6, 6.07) is 8.37. The third-order valence-electron chi connectivity index (χ3n) is 4.60. The number of halogens is 3. The van der Waals surface area contributed by atoms with E-state index in [0.717, 1.165) is 12.1 Å². The Morgan fingerprint density at radius 2 is 1.77 bits per heavy atom. The molecule has 2 aromatic carbocycles. The van der Waals surface area contributed by atoms with Crippen LogP contribution in [0.25, 0.3) is 10.9 Å². The van der Waals surface area contributed by atoms with Crippen molar-refractivity contribution < 1.29 is 13.6 Å². The Morgan fingerprint density at radius 1 is 1.08 bits per heavy atom. The standard InChI is InChI=1S/C19H13ClF2N2O2/c20-11-3-1-10(2-4-11)19(26)24-8-7-15-12(9-24)18(25)16-13(21)5-6-14(22)17(16)23-15/h1-6H,7-9H2,(H,23,25). The number of benzene rings is 2. The Bertz CT molecular complexity index is 1090. The van der Waals surface area contributed by atoms with Gasteiger partial charge in [0, 0.05) is 34.8 Å².